The third kappa shape index (κ3) is 4.93. The Morgan fingerprint density at radius 3 is 2.12 bits per heavy atom. The third-order valence-electron chi connectivity index (χ3n) is 4.15. The van der Waals surface area contributed by atoms with Gasteiger partial charge in [-0.15, -0.1) is 0 Å². The summed E-state index contributed by atoms with van der Waals surface area (Å²) in [5.41, 5.74) is 1.62. The third-order valence-corrected chi connectivity index (χ3v) is 4.15. The molecular weight excluding hydrogens is 212 g/mol. The fraction of sp³-hybridized carbons (Fsp3) is 0.800. The molecule has 0 aromatic heterocycles. The van der Waals surface area contributed by atoms with Gasteiger partial charge in [-0.1, -0.05) is 52.0 Å². The maximum absolute atomic E-state index is 11.0. The molecule has 100 valence electrons. The SMILES string of the molecule is CCCCCCC(C)(CC)/C(C)=C(/C)C(=O)O. The molecule has 0 aliphatic carbocycles. The van der Waals surface area contributed by atoms with Crippen LogP contribution in [0.3, 0.4) is 0 Å². The number of rotatable bonds is 8. The molecule has 1 N–H and O–H groups in total. The first-order valence-electron chi connectivity index (χ1n) is 6.80. The summed E-state index contributed by atoms with van der Waals surface area (Å²) >= 11 is 0. The van der Waals surface area contributed by atoms with E-state index in [0.29, 0.717) is 5.57 Å². The van der Waals surface area contributed by atoms with Crippen LogP contribution in [0.4, 0.5) is 0 Å². The molecule has 0 bridgehead atoms. The summed E-state index contributed by atoms with van der Waals surface area (Å²) < 4.78 is 0. The molecule has 0 aromatic rings. The zero-order valence-electron chi connectivity index (χ0n) is 12.1. The molecule has 1 atom stereocenters. The molecule has 0 aliphatic rings. The molecule has 0 spiro atoms. The lowest BCUT2D eigenvalue weighted by molar-refractivity contribution is -0.132. The molecule has 0 amide bonds. The second-order valence-corrected chi connectivity index (χ2v) is 5.28. The van der Waals surface area contributed by atoms with Crippen LogP contribution in [-0.2, 0) is 4.79 Å². The first kappa shape index (κ1) is 16.2. The average molecular weight is 240 g/mol. The van der Waals surface area contributed by atoms with Gasteiger partial charge in [0.15, 0.2) is 0 Å². The van der Waals surface area contributed by atoms with Gasteiger partial charge in [0.25, 0.3) is 0 Å². The zero-order chi connectivity index (χ0) is 13.5. The summed E-state index contributed by atoms with van der Waals surface area (Å²) in [6.07, 6.45) is 7.08. The number of aliphatic carboxylic acids is 1. The lowest BCUT2D eigenvalue weighted by Gasteiger charge is -2.30. The number of allylic oxidation sites excluding steroid dienone is 1. The summed E-state index contributed by atoms with van der Waals surface area (Å²) in [7, 11) is 0. The van der Waals surface area contributed by atoms with Gasteiger partial charge in [-0.25, -0.2) is 4.79 Å². The van der Waals surface area contributed by atoms with Gasteiger partial charge in [-0.3, -0.25) is 0 Å². The van der Waals surface area contributed by atoms with Gasteiger partial charge in [0.05, 0.1) is 0 Å². The highest BCUT2D eigenvalue weighted by Crippen LogP contribution is 2.37. The van der Waals surface area contributed by atoms with Crippen LogP contribution in [0, 0.1) is 5.41 Å². The van der Waals surface area contributed by atoms with Crippen LogP contribution in [0.5, 0.6) is 0 Å². The van der Waals surface area contributed by atoms with Gasteiger partial charge in [-0.2, -0.15) is 0 Å². The Labute approximate surface area is 106 Å². The summed E-state index contributed by atoms with van der Waals surface area (Å²) in [6.45, 7) is 10.3. The molecule has 2 heteroatoms. The summed E-state index contributed by atoms with van der Waals surface area (Å²) in [4.78, 5) is 11.0. The van der Waals surface area contributed by atoms with E-state index in [1.807, 2.05) is 6.92 Å². The minimum absolute atomic E-state index is 0.0518. The monoisotopic (exact) mass is 240 g/mol. The predicted octanol–water partition coefficient (Wildman–Crippen LogP) is 4.79. The summed E-state index contributed by atoms with van der Waals surface area (Å²) in [5.74, 6) is -0.782. The standard InChI is InChI=1S/C15H28O2/c1-6-8-9-10-11-15(5,7-2)13(4)12(3)14(16)17/h6-11H2,1-5H3,(H,16,17)/b13-12-. The zero-order valence-corrected chi connectivity index (χ0v) is 12.1. The number of hydrogen-bond donors (Lipinski definition) is 1. The van der Waals surface area contributed by atoms with Crippen molar-refractivity contribution in [2.75, 3.05) is 0 Å². The molecule has 0 heterocycles. The number of hydrogen-bond acceptors (Lipinski definition) is 1. The Morgan fingerprint density at radius 1 is 1.12 bits per heavy atom. The van der Waals surface area contributed by atoms with E-state index in [1.54, 1.807) is 6.92 Å². The van der Waals surface area contributed by atoms with Crippen molar-refractivity contribution in [1.82, 2.24) is 0 Å². The topological polar surface area (TPSA) is 37.3 Å². The van der Waals surface area contributed by atoms with Crippen molar-refractivity contribution < 1.29 is 9.90 Å². The first-order chi connectivity index (χ1) is 7.89. The van der Waals surface area contributed by atoms with Crippen LogP contribution < -0.4 is 0 Å². The molecule has 0 saturated heterocycles. The predicted molar refractivity (Wildman–Crippen MR) is 73.2 cm³/mol. The molecule has 0 rings (SSSR count). The van der Waals surface area contributed by atoms with E-state index < -0.39 is 5.97 Å². The van der Waals surface area contributed by atoms with Crippen LogP contribution in [0.1, 0.15) is 73.1 Å². The fourth-order valence-electron chi connectivity index (χ4n) is 2.18. The van der Waals surface area contributed by atoms with Gasteiger partial charge in [-0.05, 0) is 32.1 Å². The number of carboxylic acid groups (broad SMARTS) is 1. The highest BCUT2D eigenvalue weighted by atomic mass is 16.4. The Kier molecular flexibility index (Phi) is 7.17. The molecule has 0 fully saturated rings. The summed E-state index contributed by atoms with van der Waals surface area (Å²) in [6, 6.07) is 0. The van der Waals surface area contributed by atoms with Crippen molar-refractivity contribution in [2.24, 2.45) is 5.41 Å². The van der Waals surface area contributed by atoms with Gasteiger partial charge in [0.1, 0.15) is 0 Å². The number of unbranched alkanes of at least 4 members (excludes halogenated alkanes) is 3. The van der Waals surface area contributed by atoms with Crippen LogP contribution in [0.25, 0.3) is 0 Å². The maximum Gasteiger partial charge on any atom is 0.331 e. The van der Waals surface area contributed by atoms with Crippen LogP contribution in [0.15, 0.2) is 11.1 Å². The van der Waals surface area contributed by atoms with Crippen molar-refractivity contribution in [3.05, 3.63) is 11.1 Å². The average Bonchev–Trinajstić information content (AvgIpc) is 2.32. The molecule has 0 saturated carbocycles. The molecule has 0 radical (unpaired) electrons. The molecule has 0 aliphatic heterocycles. The van der Waals surface area contributed by atoms with Crippen molar-refractivity contribution in [3.63, 3.8) is 0 Å². The van der Waals surface area contributed by atoms with E-state index in [9.17, 15) is 4.79 Å². The number of carbonyl (C=O) groups is 1. The Bertz CT molecular complexity index is 279. The number of carboxylic acids is 1. The molecule has 1 unspecified atom stereocenters. The lowest BCUT2D eigenvalue weighted by Crippen LogP contribution is -2.20. The van der Waals surface area contributed by atoms with Crippen molar-refractivity contribution >= 4 is 5.97 Å². The molecule has 17 heavy (non-hydrogen) atoms. The maximum atomic E-state index is 11.0. The van der Waals surface area contributed by atoms with E-state index in [-0.39, 0.29) is 5.41 Å². The fourth-order valence-corrected chi connectivity index (χ4v) is 2.18. The Morgan fingerprint density at radius 2 is 1.71 bits per heavy atom. The van der Waals surface area contributed by atoms with Gasteiger partial charge < -0.3 is 5.11 Å². The van der Waals surface area contributed by atoms with E-state index in [1.165, 1.54) is 25.7 Å². The van der Waals surface area contributed by atoms with Gasteiger partial charge >= 0.3 is 5.97 Å². The summed E-state index contributed by atoms with van der Waals surface area (Å²) in [5, 5.41) is 9.06. The minimum atomic E-state index is -0.782. The second-order valence-electron chi connectivity index (χ2n) is 5.28. The van der Waals surface area contributed by atoms with Crippen molar-refractivity contribution in [1.29, 1.82) is 0 Å². The second kappa shape index (κ2) is 7.52. The van der Waals surface area contributed by atoms with E-state index in [4.69, 9.17) is 5.11 Å². The van der Waals surface area contributed by atoms with Crippen LogP contribution >= 0.6 is 0 Å². The first-order valence-corrected chi connectivity index (χ1v) is 6.80. The smallest absolute Gasteiger partial charge is 0.331 e. The quantitative estimate of drug-likeness (QED) is 0.489. The van der Waals surface area contributed by atoms with Gasteiger partial charge in [0.2, 0.25) is 0 Å². The van der Waals surface area contributed by atoms with E-state index in [0.717, 1.165) is 18.4 Å². The lowest BCUT2D eigenvalue weighted by atomic mass is 9.74. The largest absolute Gasteiger partial charge is 0.478 e. The van der Waals surface area contributed by atoms with Crippen molar-refractivity contribution in [2.45, 2.75) is 73.1 Å². The van der Waals surface area contributed by atoms with Crippen LogP contribution in [-0.4, -0.2) is 11.1 Å². The Balaban J connectivity index is 4.66. The molecule has 0 aromatic carbocycles. The molecule has 2 nitrogen and oxygen atoms in total. The molecular formula is C15H28O2. The normalized spacial score (nSPS) is 16.3. The van der Waals surface area contributed by atoms with Crippen molar-refractivity contribution in [3.8, 4) is 0 Å². The Hall–Kier alpha value is -0.790. The van der Waals surface area contributed by atoms with E-state index in [2.05, 4.69) is 20.8 Å². The van der Waals surface area contributed by atoms with Crippen LogP contribution in [0.2, 0.25) is 0 Å². The highest BCUT2D eigenvalue weighted by Gasteiger charge is 2.26. The van der Waals surface area contributed by atoms with E-state index >= 15 is 0 Å². The van der Waals surface area contributed by atoms with Gasteiger partial charge in [0, 0.05) is 5.57 Å². The minimum Gasteiger partial charge on any atom is -0.478 e. The highest BCUT2D eigenvalue weighted by molar-refractivity contribution is 5.86.